The molecule has 3 aromatic rings. The van der Waals surface area contributed by atoms with Gasteiger partial charge in [0.2, 0.25) is 0 Å². The lowest BCUT2D eigenvalue weighted by Crippen LogP contribution is -2.29. The number of carbonyl (C=O) groups is 2. The number of ketones is 1. The Kier molecular flexibility index (Phi) is 5.72. The van der Waals surface area contributed by atoms with Crippen LogP contribution in [0.5, 0.6) is 5.75 Å². The van der Waals surface area contributed by atoms with Gasteiger partial charge in [0.15, 0.2) is 0 Å². The lowest BCUT2D eigenvalue weighted by molar-refractivity contribution is -0.132. The van der Waals surface area contributed by atoms with E-state index < -0.39 is 23.5 Å². The van der Waals surface area contributed by atoms with Crippen LogP contribution in [0, 0.1) is 12.7 Å². The smallest absolute Gasteiger partial charge is 0.300 e. The molecule has 0 radical (unpaired) electrons. The van der Waals surface area contributed by atoms with Crippen molar-refractivity contribution in [1.82, 2.24) is 0 Å². The highest BCUT2D eigenvalue weighted by Gasteiger charge is 2.47. The van der Waals surface area contributed by atoms with Crippen molar-refractivity contribution in [3.63, 3.8) is 0 Å². The molecule has 5 nitrogen and oxygen atoms in total. The number of nitrogens with zero attached hydrogens (tertiary/aromatic N) is 1. The first kappa shape index (κ1) is 21.6. The third-order valence-electron chi connectivity index (χ3n) is 5.35. The van der Waals surface area contributed by atoms with Gasteiger partial charge in [-0.15, -0.1) is 0 Å². The lowest BCUT2D eigenvalue weighted by atomic mass is 9.94. The Labute approximate surface area is 189 Å². The SMILES string of the molecule is COc1ccc(C)cc1/C(O)=C1\C(=O)C(=O)N(c2ccc(Cl)cc2)C1c1ccc(F)cc1. The van der Waals surface area contributed by atoms with Gasteiger partial charge in [-0.1, -0.05) is 35.4 Å². The van der Waals surface area contributed by atoms with Crippen LogP contribution in [0.15, 0.2) is 72.3 Å². The number of ether oxygens (including phenoxy) is 1. The molecule has 4 rings (SSSR count). The van der Waals surface area contributed by atoms with E-state index in [-0.39, 0.29) is 16.9 Å². The summed E-state index contributed by atoms with van der Waals surface area (Å²) in [6.45, 7) is 1.83. The lowest BCUT2D eigenvalue weighted by Gasteiger charge is -2.25. The highest BCUT2D eigenvalue weighted by atomic mass is 35.5. The number of rotatable bonds is 4. The standard InChI is InChI=1S/C25H19ClFNO4/c1-14-3-12-20(32-2)19(13-14)23(29)21-22(15-4-8-17(27)9-5-15)28(25(31)24(21)30)18-10-6-16(26)7-11-18/h3-13,22,29H,1-2H3/b23-21+. The monoisotopic (exact) mass is 451 g/mol. The first-order valence-corrected chi connectivity index (χ1v) is 10.2. The van der Waals surface area contributed by atoms with Crippen LogP contribution in [-0.2, 0) is 9.59 Å². The van der Waals surface area contributed by atoms with E-state index in [1.807, 2.05) is 6.92 Å². The third kappa shape index (κ3) is 3.74. The number of carbonyl (C=O) groups excluding carboxylic acids is 2. The average molecular weight is 452 g/mol. The normalized spacial score (nSPS) is 17.6. The van der Waals surface area contributed by atoms with Crippen LogP contribution < -0.4 is 9.64 Å². The molecule has 1 N–H and O–H groups in total. The Bertz CT molecular complexity index is 1240. The molecular weight excluding hydrogens is 433 g/mol. The quantitative estimate of drug-likeness (QED) is 0.326. The Morgan fingerprint density at radius 3 is 2.31 bits per heavy atom. The molecule has 1 saturated heterocycles. The van der Waals surface area contributed by atoms with Crippen molar-refractivity contribution in [3.8, 4) is 5.75 Å². The summed E-state index contributed by atoms with van der Waals surface area (Å²) >= 11 is 5.99. The van der Waals surface area contributed by atoms with E-state index in [4.69, 9.17) is 16.3 Å². The summed E-state index contributed by atoms with van der Waals surface area (Å²) in [5.41, 5.74) is 1.89. The molecule has 7 heteroatoms. The Morgan fingerprint density at radius 1 is 1.03 bits per heavy atom. The van der Waals surface area contributed by atoms with Gasteiger partial charge in [0.05, 0.1) is 24.3 Å². The molecule has 0 aliphatic carbocycles. The molecule has 1 heterocycles. The van der Waals surface area contributed by atoms with Gasteiger partial charge in [0.25, 0.3) is 11.7 Å². The predicted molar refractivity (Wildman–Crippen MR) is 120 cm³/mol. The number of halogens is 2. The van der Waals surface area contributed by atoms with Crippen LogP contribution in [0.4, 0.5) is 10.1 Å². The van der Waals surface area contributed by atoms with Gasteiger partial charge in [-0.25, -0.2) is 4.39 Å². The van der Waals surface area contributed by atoms with Crippen molar-refractivity contribution in [3.05, 3.63) is 99.8 Å². The molecule has 32 heavy (non-hydrogen) atoms. The fraction of sp³-hybridized carbons (Fsp3) is 0.120. The number of benzene rings is 3. The van der Waals surface area contributed by atoms with Gasteiger partial charge in [0, 0.05) is 10.7 Å². The second-order valence-corrected chi connectivity index (χ2v) is 7.84. The zero-order valence-corrected chi connectivity index (χ0v) is 18.1. The van der Waals surface area contributed by atoms with Gasteiger partial charge < -0.3 is 9.84 Å². The summed E-state index contributed by atoms with van der Waals surface area (Å²) in [6, 6.07) is 16.0. The summed E-state index contributed by atoms with van der Waals surface area (Å²) in [4.78, 5) is 27.5. The molecule has 0 saturated carbocycles. The number of hydrogen-bond acceptors (Lipinski definition) is 4. The van der Waals surface area contributed by atoms with E-state index in [2.05, 4.69) is 0 Å². The zero-order valence-electron chi connectivity index (χ0n) is 17.3. The maximum absolute atomic E-state index is 13.6. The number of methoxy groups -OCH3 is 1. The minimum Gasteiger partial charge on any atom is -0.507 e. The third-order valence-corrected chi connectivity index (χ3v) is 5.60. The minimum absolute atomic E-state index is 0.111. The molecule has 1 atom stereocenters. The van der Waals surface area contributed by atoms with Crippen LogP contribution >= 0.6 is 11.6 Å². The summed E-state index contributed by atoms with van der Waals surface area (Å²) < 4.78 is 19.0. The second kappa shape index (κ2) is 8.48. The van der Waals surface area contributed by atoms with Crippen LogP contribution in [0.1, 0.15) is 22.7 Å². The van der Waals surface area contributed by atoms with Crippen LogP contribution in [-0.4, -0.2) is 23.9 Å². The molecular formula is C25H19ClFNO4. The first-order valence-electron chi connectivity index (χ1n) is 9.79. The largest absolute Gasteiger partial charge is 0.507 e. The van der Waals surface area contributed by atoms with Gasteiger partial charge in [-0.2, -0.15) is 0 Å². The van der Waals surface area contributed by atoms with Crippen molar-refractivity contribution in [1.29, 1.82) is 0 Å². The number of aliphatic hydroxyl groups is 1. The summed E-state index contributed by atoms with van der Waals surface area (Å²) in [5.74, 6) is -2.14. The molecule has 1 fully saturated rings. The maximum atomic E-state index is 13.6. The fourth-order valence-electron chi connectivity index (χ4n) is 3.81. The van der Waals surface area contributed by atoms with Crippen molar-refractivity contribution < 1.29 is 23.8 Å². The number of amides is 1. The molecule has 0 aromatic heterocycles. The summed E-state index contributed by atoms with van der Waals surface area (Å²) in [5, 5.41) is 11.7. The molecule has 1 aliphatic heterocycles. The Balaban J connectivity index is 1.98. The van der Waals surface area contributed by atoms with E-state index in [1.165, 1.54) is 36.3 Å². The van der Waals surface area contributed by atoms with Crippen LogP contribution in [0.2, 0.25) is 5.02 Å². The Morgan fingerprint density at radius 2 is 1.69 bits per heavy atom. The van der Waals surface area contributed by atoms with E-state index in [0.29, 0.717) is 22.0 Å². The number of hydrogen-bond donors (Lipinski definition) is 1. The van der Waals surface area contributed by atoms with Gasteiger partial charge in [0.1, 0.15) is 17.3 Å². The van der Waals surface area contributed by atoms with Crippen molar-refractivity contribution in [2.45, 2.75) is 13.0 Å². The first-order chi connectivity index (χ1) is 15.3. The Hall–Kier alpha value is -3.64. The highest BCUT2D eigenvalue weighted by Crippen LogP contribution is 2.43. The average Bonchev–Trinajstić information content (AvgIpc) is 3.05. The van der Waals surface area contributed by atoms with Crippen LogP contribution in [0.25, 0.3) is 5.76 Å². The molecule has 162 valence electrons. The number of Topliss-reactive ketones (excluding diaryl/α,β-unsaturated/α-hetero) is 1. The highest BCUT2D eigenvalue weighted by molar-refractivity contribution is 6.51. The van der Waals surface area contributed by atoms with Crippen molar-refractivity contribution >= 4 is 34.7 Å². The summed E-state index contributed by atoms with van der Waals surface area (Å²) in [6.07, 6.45) is 0. The van der Waals surface area contributed by atoms with Gasteiger partial charge in [-0.3, -0.25) is 14.5 Å². The molecule has 1 unspecified atom stereocenters. The number of anilines is 1. The van der Waals surface area contributed by atoms with Crippen molar-refractivity contribution in [2.75, 3.05) is 12.0 Å². The van der Waals surface area contributed by atoms with E-state index in [0.717, 1.165) is 5.56 Å². The van der Waals surface area contributed by atoms with Crippen LogP contribution in [0.3, 0.4) is 0 Å². The molecule has 0 spiro atoms. The van der Waals surface area contributed by atoms with Gasteiger partial charge in [-0.05, 0) is 61.0 Å². The van der Waals surface area contributed by atoms with Gasteiger partial charge >= 0.3 is 0 Å². The zero-order chi connectivity index (χ0) is 23.0. The van der Waals surface area contributed by atoms with E-state index in [1.54, 1.807) is 42.5 Å². The topological polar surface area (TPSA) is 66.8 Å². The number of aryl methyl sites for hydroxylation is 1. The molecule has 1 amide bonds. The second-order valence-electron chi connectivity index (χ2n) is 7.40. The molecule has 1 aliphatic rings. The molecule has 3 aromatic carbocycles. The van der Waals surface area contributed by atoms with E-state index in [9.17, 15) is 19.1 Å². The summed E-state index contributed by atoms with van der Waals surface area (Å²) in [7, 11) is 1.45. The molecule has 0 bridgehead atoms. The van der Waals surface area contributed by atoms with E-state index >= 15 is 0 Å². The maximum Gasteiger partial charge on any atom is 0.300 e. The van der Waals surface area contributed by atoms with Crippen molar-refractivity contribution in [2.24, 2.45) is 0 Å². The predicted octanol–water partition coefficient (Wildman–Crippen LogP) is 5.42. The minimum atomic E-state index is -0.970. The fourth-order valence-corrected chi connectivity index (χ4v) is 3.94. The number of aliphatic hydroxyl groups excluding tert-OH is 1.